The molecule has 1 heterocycles. The average molecular weight is 290 g/mol. The van der Waals surface area contributed by atoms with Crippen LogP contribution in [0.2, 0.25) is 0 Å². The molecule has 0 amide bonds. The fourth-order valence-electron chi connectivity index (χ4n) is 3.05. The first-order valence-electron chi connectivity index (χ1n) is 7.93. The molecule has 1 aromatic carbocycles. The summed E-state index contributed by atoms with van der Waals surface area (Å²) in [4.78, 5) is 2.44. The third-order valence-corrected chi connectivity index (χ3v) is 4.12. The summed E-state index contributed by atoms with van der Waals surface area (Å²) >= 11 is 0. The lowest BCUT2D eigenvalue weighted by atomic mass is 9.87. The second-order valence-corrected chi connectivity index (χ2v) is 7.57. The van der Waals surface area contributed by atoms with Crippen molar-refractivity contribution in [2.45, 2.75) is 39.2 Å². The number of nitrogens with one attached hydrogen (secondary N) is 1. The first kappa shape index (κ1) is 16.3. The Balaban J connectivity index is 2.02. The van der Waals surface area contributed by atoms with Crippen LogP contribution in [0.15, 0.2) is 24.3 Å². The highest BCUT2D eigenvalue weighted by atomic mass is 16.5. The number of hydrogen-bond acceptors (Lipinski definition) is 3. The lowest BCUT2D eigenvalue weighted by molar-refractivity contribution is 0.193. The van der Waals surface area contributed by atoms with Crippen molar-refractivity contribution >= 4 is 0 Å². The smallest absolute Gasteiger partial charge is 0.119 e. The minimum absolute atomic E-state index is 0.335. The van der Waals surface area contributed by atoms with Crippen LogP contribution >= 0.6 is 0 Å². The van der Waals surface area contributed by atoms with Gasteiger partial charge in [0.1, 0.15) is 5.75 Å². The van der Waals surface area contributed by atoms with Crippen LogP contribution in [-0.4, -0.2) is 44.7 Å². The van der Waals surface area contributed by atoms with Gasteiger partial charge < -0.3 is 15.0 Å². The average Bonchev–Trinajstić information content (AvgIpc) is 2.44. The van der Waals surface area contributed by atoms with Crippen LogP contribution in [-0.2, 0) is 0 Å². The lowest BCUT2D eigenvalue weighted by Crippen LogP contribution is -2.48. The van der Waals surface area contributed by atoms with E-state index in [9.17, 15) is 0 Å². The predicted molar refractivity (Wildman–Crippen MR) is 89.1 cm³/mol. The van der Waals surface area contributed by atoms with Crippen molar-refractivity contribution in [3.05, 3.63) is 29.8 Å². The van der Waals surface area contributed by atoms with Crippen molar-refractivity contribution in [2.24, 2.45) is 5.41 Å². The molecule has 0 aliphatic carbocycles. The van der Waals surface area contributed by atoms with Gasteiger partial charge in [0.15, 0.2) is 0 Å². The summed E-state index contributed by atoms with van der Waals surface area (Å²) in [5.41, 5.74) is 1.73. The van der Waals surface area contributed by atoms with Crippen LogP contribution in [0.3, 0.4) is 0 Å². The zero-order chi connectivity index (χ0) is 15.5. The third-order valence-electron chi connectivity index (χ3n) is 4.12. The summed E-state index contributed by atoms with van der Waals surface area (Å²) in [5.74, 6) is 1.54. The molecule has 2 rings (SSSR count). The van der Waals surface area contributed by atoms with Gasteiger partial charge in [-0.1, -0.05) is 32.9 Å². The van der Waals surface area contributed by atoms with Crippen LogP contribution in [0.4, 0.5) is 0 Å². The molecule has 2 atom stereocenters. The number of benzene rings is 1. The first-order chi connectivity index (χ1) is 9.87. The van der Waals surface area contributed by atoms with Gasteiger partial charge in [0, 0.05) is 25.7 Å². The minimum atomic E-state index is 0.335. The number of likely N-dealkylation sites (N-methyl/N-ethyl adjacent to an activating group) is 1. The molecule has 1 fully saturated rings. The molecular formula is C18H30N2O. The molecule has 0 spiro atoms. The zero-order valence-electron chi connectivity index (χ0n) is 14.1. The molecule has 1 N–H and O–H groups in total. The highest BCUT2D eigenvalue weighted by Crippen LogP contribution is 2.29. The quantitative estimate of drug-likeness (QED) is 0.922. The Bertz CT molecular complexity index is 453. The zero-order valence-corrected chi connectivity index (χ0v) is 14.1. The van der Waals surface area contributed by atoms with Gasteiger partial charge in [-0.3, -0.25) is 0 Å². The number of nitrogens with zero attached hydrogens (tertiary/aromatic N) is 1. The second-order valence-electron chi connectivity index (χ2n) is 7.57. The topological polar surface area (TPSA) is 24.5 Å². The Morgan fingerprint density at radius 1 is 1.29 bits per heavy atom. The van der Waals surface area contributed by atoms with Gasteiger partial charge in [-0.2, -0.15) is 0 Å². The summed E-state index contributed by atoms with van der Waals surface area (Å²) in [6, 6.07) is 9.10. The van der Waals surface area contributed by atoms with E-state index >= 15 is 0 Å². The van der Waals surface area contributed by atoms with Crippen LogP contribution in [0.5, 0.6) is 5.75 Å². The molecule has 0 radical (unpaired) electrons. The Labute approximate surface area is 129 Å². The van der Waals surface area contributed by atoms with Crippen LogP contribution in [0.25, 0.3) is 0 Å². The third kappa shape index (κ3) is 5.01. The Morgan fingerprint density at radius 3 is 2.71 bits per heavy atom. The van der Waals surface area contributed by atoms with Gasteiger partial charge in [-0.05, 0) is 42.5 Å². The normalized spacial score (nSPS) is 24.0. The first-order valence-corrected chi connectivity index (χ1v) is 7.93. The van der Waals surface area contributed by atoms with Gasteiger partial charge in [-0.25, -0.2) is 0 Å². The monoisotopic (exact) mass is 290 g/mol. The maximum atomic E-state index is 5.36. The number of hydrogen-bond donors (Lipinski definition) is 1. The maximum absolute atomic E-state index is 5.36. The van der Waals surface area contributed by atoms with Gasteiger partial charge in [0.2, 0.25) is 0 Å². The van der Waals surface area contributed by atoms with E-state index in [1.807, 2.05) is 6.07 Å². The highest BCUT2D eigenvalue weighted by molar-refractivity contribution is 5.31. The van der Waals surface area contributed by atoms with Gasteiger partial charge in [0.25, 0.3) is 0 Å². The molecule has 0 saturated carbocycles. The fraction of sp³-hybridized carbons (Fsp3) is 0.667. The summed E-state index contributed by atoms with van der Waals surface area (Å²) < 4.78 is 5.36. The number of piperidine rings is 1. The van der Waals surface area contributed by atoms with E-state index in [1.165, 1.54) is 12.0 Å². The molecule has 1 aliphatic heterocycles. The number of rotatable bonds is 4. The summed E-state index contributed by atoms with van der Waals surface area (Å²) in [5, 5.41) is 3.75. The molecule has 3 heteroatoms. The van der Waals surface area contributed by atoms with Crippen molar-refractivity contribution in [3.63, 3.8) is 0 Å². The summed E-state index contributed by atoms with van der Waals surface area (Å²) in [7, 11) is 3.96. The van der Waals surface area contributed by atoms with Gasteiger partial charge >= 0.3 is 0 Å². The van der Waals surface area contributed by atoms with Gasteiger partial charge in [0.05, 0.1) is 7.11 Å². The maximum Gasteiger partial charge on any atom is 0.119 e. The second kappa shape index (κ2) is 6.80. The molecule has 118 valence electrons. The van der Waals surface area contributed by atoms with Crippen molar-refractivity contribution in [1.29, 1.82) is 0 Å². The molecular weight excluding hydrogens is 260 g/mol. The summed E-state index contributed by atoms with van der Waals surface area (Å²) in [6.45, 7) is 10.2. The van der Waals surface area contributed by atoms with Crippen molar-refractivity contribution in [1.82, 2.24) is 10.2 Å². The molecule has 1 saturated heterocycles. The van der Waals surface area contributed by atoms with Gasteiger partial charge in [-0.15, -0.1) is 0 Å². The van der Waals surface area contributed by atoms with E-state index in [2.05, 4.69) is 56.2 Å². The molecule has 2 unspecified atom stereocenters. The van der Waals surface area contributed by atoms with Crippen LogP contribution in [0.1, 0.15) is 38.7 Å². The molecule has 21 heavy (non-hydrogen) atoms. The lowest BCUT2D eigenvalue weighted by Gasteiger charge is -2.37. The fourth-order valence-corrected chi connectivity index (χ4v) is 3.05. The largest absolute Gasteiger partial charge is 0.497 e. The van der Waals surface area contributed by atoms with Crippen LogP contribution in [0, 0.1) is 5.41 Å². The summed E-state index contributed by atoms with van der Waals surface area (Å²) in [6.07, 6.45) is 1.20. The van der Waals surface area contributed by atoms with E-state index in [4.69, 9.17) is 4.74 Å². The molecule has 0 aromatic heterocycles. The van der Waals surface area contributed by atoms with Crippen molar-refractivity contribution in [3.8, 4) is 5.75 Å². The molecule has 3 nitrogen and oxygen atoms in total. The SMILES string of the molecule is COc1cccc(C2CC(NCC(C)(C)C)CN(C)C2)c1. The Morgan fingerprint density at radius 2 is 2.05 bits per heavy atom. The minimum Gasteiger partial charge on any atom is -0.497 e. The standard InChI is InChI=1S/C18H30N2O/c1-18(2,3)13-19-16-9-15(11-20(4)12-16)14-7-6-8-17(10-14)21-5/h6-8,10,15-16,19H,9,11-13H2,1-5H3. The van der Waals surface area contributed by atoms with E-state index in [-0.39, 0.29) is 0 Å². The van der Waals surface area contributed by atoms with E-state index < -0.39 is 0 Å². The predicted octanol–water partition coefficient (Wildman–Crippen LogP) is 3.12. The highest BCUT2D eigenvalue weighted by Gasteiger charge is 2.27. The number of ether oxygens (including phenoxy) is 1. The number of likely N-dealkylation sites (tertiary alicyclic amines) is 1. The van der Waals surface area contributed by atoms with E-state index in [0.29, 0.717) is 17.4 Å². The van der Waals surface area contributed by atoms with E-state index in [1.54, 1.807) is 7.11 Å². The number of methoxy groups -OCH3 is 1. The van der Waals surface area contributed by atoms with Crippen LogP contribution < -0.4 is 10.1 Å². The van der Waals surface area contributed by atoms with E-state index in [0.717, 1.165) is 25.4 Å². The molecule has 1 aromatic rings. The van der Waals surface area contributed by atoms with Crippen molar-refractivity contribution in [2.75, 3.05) is 33.8 Å². The Kier molecular flexibility index (Phi) is 5.28. The van der Waals surface area contributed by atoms with Crippen molar-refractivity contribution < 1.29 is 4.74 Å². The molecule has 0 bridgehead atoms. The molecule has 1 aliphatic rings. The Hall–Kier alpha value is -1.06.